The molecule has 1 aliphatic heterocycles. The number of hydrogen-bond acceptors (Lipinski definition) is 3. The van der Waals surface area contributed by atoms with Crippen molar-refractivity contribution in [2.75, 3.05) is 13.1 Å². The van der Waals surface area contributed by atoms with Crippen molar-refractivity contribution in [3.8, 4) is 0 Å². The van der Waals surface area contributed by atoms with E-state index in [1.165, 1.54) is 5.01 Å². The Labute approximate surface area is 85.6 Å². The van der Waals surface area contributed by atoms with Crippen molar-refractivity contribution in [2.24, 2.45) is 11.0 Å². The molecule has 0 fully saturated rings. The third-order valence-corrected chi connectivity index (χ3v) is 2.18. The molecule has 0 bridgehead atoms. The third-order valence-electron chi connectivity index (χ3n) is 2.18. The first kappa shape index (κ1) is 11.3. The normalized spacial score (nSPS) is 21.4. The summed E-state index contributed by atoms with van der Waals surface area (Å²) in [6, 6.07) is 0. The minimum Gasteiger partial charge on any atom is -0.313 e. The molecular weight excluding hydrogens is 181 g/mol. The summed E-state index contributed by atoms with van der Waals surface area (Å²) >= 11 is 0. The molecule has 1 atom stereocenters. The highest BCUT2D eigenvalue weighted by Gasteiger charge is 2.26. The minimum absolute atomic E-state index is 0.464. The number of rotatable bonds is 5. The van der Waals surface area contributed by atoms with Crippen LogP contribution in [0.15, 0.2) is 5.10 Å². The van der Waals surface area contributed by atoms with E-state index in [1.807, 2.05) is 0 Å². The Morgan fingerprint density at radius 3 is 2.79 bits per heavy atom. The van der Waals surface area contributed by atoms with Crippen LogP contribution in [-0.2, 0) is 0 Å². The molecule has 0 aromatic carbocycles. The smallest absolute Gasteiger partial charge is 0.265 e. The fraction of sp³-hybridized carbons (Fsp3) is 0.900. The molecule has 0 N–H and O–H groups in total. The monoisotopic (exact) mass is 201 g/mol. The van der Waals surface area contributed by atoms with Gasteiger partial charge >= 0.3 is 0 Å². The van der Waals surface area contributed by atoms with Crippen LogP contribution >= 0.6 is 0 Å². The van der Waals surface area contributed by atoms with Crippen LogP contribution in [0.2, 0.25) is 0 Å². The average Bonchev–Trinajstić information content (AvgIpc) is 2.45. The number of hydrogen-bond donors (Lipinski definition) is 0. The Balaban J connectivity index is 2.36. The summed E-state index contributed by atoms with van der Waals surface area (Å²) in [6.07, 6.45) is 2.63. The molecule has 1 unspecified atom stereocenters. The lowest BCUT2D eigenvalue weighted by atomic mass is 10.2. The Morgan fingerprint density at radius 2 is 2.21 bits per heavy atom. The van der Waals surface area contributed by atoms with E-state index in [1.54, 1.807) is 11.2 Å². The van der Waals surface area contributed by atoms with E-state index in [-0.39, 0.29) is 0 Å². The van der Waals surface area contributed by atoms with Crippen molar-refractivity contribution in [1.29, 1.82) is 0 Å². The van der Waals surface area contributed by atoms with E-state index in [2.05, 4.69) is 25.9 Å². The molecule has 0 aromatic heterocycles. The molecule has 82 valence electrons. The third kappa shape index (κ3) is 2.86. The van der Waals surface area contributed by atoms with Gasteiger partial charge < -0.3 is 4.90 Å². The molecule has 0 saturated heterocycles. The van der Waals surface area contributed by atoms with Crippen molar-refractivity contribution in [3.63, 3.8) is 0 Å². The molecule has 1 heterocycles. The van der Waals surface area contributed by atoms with Crippen molar-refractivity contribution in [2.45, 2.75) is 40.0 Å². The van der Waals surface area contributed by atoms with Crippen molar-refractivity contribution in [1.82, 2.24) is 9.91 Å². The summed E-state index contributed by atoms with van der Waals surface area (Å²) in [5.41, 5.74) is 0. The quantitative estimate of drug-likeness (QED) is 0.635. The zero-order valence-corrected chi connectivity index (χ0v) is 9.28. The van der Waals surface area contributed by atoms with Gasteiger partial charge in [0, 0.05) is 13.1 Å². The van der Waals surface area contributed by atoms with Crippen LogP contribution in [0.5, 0.6) is 0 Å². The lowest BCUT2D eigenvalue weighted by Crippen LogP contribution is -2.38. The van der Waals surface area contributed by atoms with E-state index in [4.69, 9.17) is 0 Å². The van der Waals surface area contributed by atoms with E-state index in [0.717, 1.165) is 19.4 Å². The van der Waals surface area contributed by atoms with Crippen molar-refractivity contribution >= 4 is 6.34 Å². The highest BCUT2D eigenvalue weighted by Crippen LogP contribution is 2.15. The van der Waals surface area contributed by atoms with Gasteiger partial charge in [-0.25, -0.2) is 5.01 Å². The predicted molar refractivity (Wildman–Crippen MR) is 56.5 cm³/mol. The van der Waals surface area contributed by atoms with Crippen LogP contribution in [0, 0.1) is 5.92 Å². The SMILES string of the molecule is CCCCN1N=CN(CC(C)C)C1F. The number of unbranched alkanes of at least 4 members (excludes halogenated alkanes) is 1. The van der Waals surface area contributed by atoms with Crippen LogP contribution in [0.3, 0.4) is 0 Å². The molecule has 0 radical (unpaired) electrons. The molecule has 4 heteroatoms. The zero-order chi connectivity index (χ0) is 10.6. The minimum atomic E-state index is -1.05. The maximum atomic E-state index is 13.7. The highest BCUT2D eigenvalue weighted by atomic mass is 19.1. The van der Waals surface area contributed by atoms with Gasteiger partial charge in [-0.15, -0.1) is 0 Å². The van der Waals surface area contributed by atoms with Crippen LogP contribution in [-0.4, -0.2) is 35.8 Å². The summed E-state index contributed by atoms with van der Waals surface area (Å²) < 4.78 is 13.7. The van der Waals surface area contributed by atoms with Gasteiger partial charge in [0.1, 0.15) is 6.34 Å². The van der Waals surface area contributed by atoms with E-state index in [0.29, 0.717) is 12.5 Å². The van der Waals surface area contributed by atoms with Gasteiger partial charge in [-0.3, -0.25) is 0 Å². The molecule has 1 rings (SSSR count). The van der Waals surface area contributed by atoms with Crippen molar-refractivity contribution < 1.29 is 4.39 Å². The molecule has 0 saturated carbocycles. The van der Waals surface area contributed by atoms with Gasteiger partial charge in [0.05, 0.1) is 0 Å². The molecular formula is C10H20FN3. The van der Waals surface area contributed by atoms with Crippen LogP contribution in [0.1, 0.15) is 33.6 Å². The fourth-order valence-electron chi connectivity index (χ4n) is 1.45. The fourth-order valence-corrected chi connectivity index (χ4v) is 1.45. The standard InChI is InChI=1S/C10H20FN3/c1-4-5-6-14-10(11)13(8-12-14)7-9(2)3/h8-10H,4-7H2,1-3H3. The lowest BCUT2D eigenvalue weighted by Gasteiger charge is -2.24. The number of hydrazone groups is 1. The summed E-state index contributed by atoms with van der Waals surface area (Å²) in [7, 11) is 0. The number of halogens is 1. The number of nitrogens with zero attached hydrogens (tertiary/aromatic N) is 3. The maximum absolute atomic E-state index is 13.7. The van der Waals surface area contributed by atoms with Gasteiger partial charge in [0.25, 0.3) is 6.42 Å². The molecule has 3 nitrogen and oxygen atoms in total. The van der Waals surface area contributed by atoms with Crippen LogP contribution in [0.25, 0.3) is 0 Å². The van der Waals surface area contributed by atoms with E-state index >= 15 is 0 Å². The largest absolute Gasteiger partial charge is 0.313 e. The Kier molecular flexibility index (Phi) is 4.17. The van der Waals surface area contributed by atoms with Gasteiger partial charge in [0.2, 0.25) is 0 Å². The Hall–Kier alpha value is -0.800. The first-order valence-corrected chi connectivity index (χ1v) is 5.35. The zero-order valence-electron chi connectivity index (χ0n) is 9.28. The second kappa shape index (κ2) is 5.17. The average molecular weight is 201 g/mol. The van der Waals surface area contributed by atoms with Gasteiger partial charge in [-0.1, -0.05) is 27.2 Å². The molecule has 0 amide bonds. The van der Waals surface area contributed by atoms with Gasteiger partial charge in [0.15, 0.2) is 0 Å². The topological polar surface area (TPSA) is 18.8 Å². The Morgan fingerprint density at radius 1 is 1.50 bits per heavy atom. The molecule has 0 spiro atoms. The van der Waals surface area contributed by atoms with E-state index in [9.17, 15) is 4.39 Å². The Bertz CT molecular complexity index is 194. The maximum Gasteiger partial charge on any atom is 0.265 e. The summed E-state index contributed by atoms with van der Waals surface area (Å²) in [5.74, 6) is 0.464. The van der Waals surface area contributed by atoms with Crippen LogP contribution in [0.4, 0.5) is 4.39 Å². The number of alkyl halides is 1. The second-order valence-electron chi connectivity index (χ2n) is 4.15. The summed E-state index contributed by atoms with van der Waals surface area (Å²) in [6.45, 7) is 7.69. The first-order chi connectivity index (χ1) is 6.65. The molecule has 0 aromatic rings. The molecule has 14 heavy (non-hydrogen) atoms. The second-order valence-corrected chi connectivity index (χ2v) is 4.15. The molecule has 0 aliphatic carbocycles. The van der Waals surface area contributed by atoms with Gasteiger partial charge in [-0.2, -0.15) is 9.49 Å². The highest BCUT2D eigenvalue weighted by molar-refractivity contribution is 5.56. The predicted octanol–water partition coefficient (Wildman–Crippen LogP) is 2.26. The summed E-state index contributed by atoms with van der Waals surface area (Å²) in [5, 5.41) is 5.57. The first-order valence-electron chi connectivity index (χ1n) is 5.35. The molecule has 1 aliphatic rings. The van der Waals surface area contributed by atoms with E-state index < -0.39 is 6.42 Å². The lowest BCUT2D eigenvalue weighted by molar-refractivity contribution is 0.0101. The van der Waals surface area contributed by atoms with Crippen LogP contribution < -0.4 is 0 Å². The van der Waals surface area contributed by atoms with Gasteiger partial charge in [-0.05, 0) is 12.3 Å². The van der Waals surface area contributed by atoms with Crippen molar-refractivity contribution in [3.05, 3.63) is 0 Å². The summed E-state index contributed by atoms with van der Waals surface area (Å²) in [4.78, 5) is 1.65.